The van der Waals surface area contributed by atoms with Crippen molar-refractivity contribution in [2.45, 2.75) is 83.8 Å². The molecule has 0 unspecified atom stereocenters. The van der Waals surface area contributed by atoms with Crippen LogP contribution in [0, 0.1) is 0 Å². The van der Waals surface area contributed by atoms with Crippen LogP contribution in [0.4, 0.5) is 5.69 Å². The van der Waals surface area contributed by atoms with Crippen LogP contribution in [0.3, 0.4) is 0 Å². The molecule has 0 spiro atoms. The average Bonchev–Trinajstić information content (AvgIpc) is 2.54. The van der Waals surface area contributed by atoms with Gasteiger partial charge in [0.25, 0.3) is 0 Å². The van der Waals surface area contributed by atoms with Crippen molar-refractivity contribution < 1.29 is 13.2 Å². The van der Waals surface area contributed by atoms with Gasteiger partial charge in [0.1, 0.15) is 5.75 Å². The van der Waals surface area contributed by atoms with Crippen molar-refractivity contribution >= 4 is 15.5 Å². The SMILES string of the molecule is CCCCOc1ccc(CCCCCCCS(=O)(=O)C(C)(C)C)c(N)c1. The summed E-state index contributed by atoms with van der Waals surface area (Å²) in [4.78, 5) is 0. The molecular formula is C21H37NO3S. The molecule has 0 amide bonds. The van der Waals surface area contributed by atoms with Crippen LogP contribution in [0.5, 0.6) is 5.75 Å². The number of anilines is 1. The summed E-state index contributed by atoms with van der Waals surface area (Å²) in [6.07, 6.45) is 8.10. The van der Waals surface area contributed by atoms with Crippen molar-refractivity contribution in [2.24, 2.45) is 0 Å². The zero-order valence-electron chi connectivity index (χ0n) is 17.0. The molecule has 1 aromatic rings. The number of unbranched alkanes of at least 4 members (excludes halogenated alkanes) is 5. The molecule has 5 heteroatoms. The number of aryl methyl sites for hydroxylation is 1. The molecule has 0 saturated heterocycles. The minimum Gasteiger partial charge on any atom is -0.494 e. The number of hydrogen-bond acceptors (Lipinski definition) is 4. The summed E-state index contributed by atoms with van der Waals surface area (Å²) < 4.78 is 29.1. The molecule has 0 aliphatic rings. The van der Waals surface area contributed by atoms with Crippen molar-refractivity contribution in [3.8, 4) is 5.75 Å². The van der Waals surface area contributed by atoms with Crippen molar-refractivity contribution in [3.05, 3.63) is 23.8 Å². The van der Waals surface area contributed by atoms with Crippen molar-refractivity contribution in [1.82, 2.24) is 0 Å². The van der Waals surface area contributed by atoms with E-state index in [1.165, 1.54) is 5.56 Å². The molecule has 0 atom stereocenters. The summed E-state index contributed by atoms with van der Waals surface area (Å²) in [7, 11) is -2.98. The van der Waals surface area contributed by atoms with Crippen LogP contribution >= 0.6 is 0 Å². The van der Waals surface area contributed by atoms with Crippen LogP contribution in [0.25, 0.3) is 0 Å². The van der Waals surface area contributed by atoms with Gasteiger partial charge in [-0.05, 0) is 58.1 Å². The highest BCUT2D eigenvalue weighted by molar-refractivity contribution is 7.92. The Kier molecular flexibility index (Phi) is 9.48. The first-order chi connectivity index (χ1) is 12.2. The molecule has 0 saturated carbocycles. The second-order valence-electron chi connectivity index (χ2n) is 8.01. The Hall–Kier alpha value is -1.23. The molecule has 0 fully saturated rings. The summed E-state index contributed by atoms with van der Waals surface area (Å²) in [6, 6.07) is 5.98. The zero-order chi connectivity index (χ0) is 19.6. The number of hydrogen-bond donors (Lipinski definition) is 1. The van der Waals surface area contributed by atoms with Gasteiger partial charge in [0.2, 0.25) is 0 Å². The third-order valence-electron chi connectivity index (χ3n) is 4.68. The Labute approximate surface area is 160 Å². The summed E-state index contributed by atoms with van der Waals surface area (Å²) >= 11 is 0. The van der Waals surface area contributed by atoms with E-state index in [0.717, 1.165) is 69.4 Å². The molecule has 0 bridgehead atoms. The molecule has 4 nitrogen and oxygen atoms in total. The molecule has 0 radical (unpaired) electrons. The normalized spacial score (nSPS) is 12.3. The molecule has 0 aromatic heterocycles. The quantitative estimate of drug-likeness (QED) is 0.400. The monoisotopic (exact) mass is 383 g/mol. The van der Waals surface area contributed by atoms with Gasteiger partial charge in [-0.15, -0.1) is 0 Å². The van der Waals surface area contributed by atoms with Gasteiger partial charge in [0, 0.05) is 11.8 Å². The van der Waals surface area contributed by atoms with Crippen LogP contribution in [0.1, 0.15) is 78.2 Å². The van der Waals surface area contributed by atoms with Gasteiger partial charge < -0.3 is 10.5 Å². The number of benzene rings is 1. The highest BCUT2D eigenvalue weighted by atomic mass is 32.2. The Bertz CT molecular complexity index is 633. The average molecular weight is 384 g/mol. The van der Waals surface area contributed by atoms with E-state index in [0.29, 0.717) is 5.75 Å². The zero-order valence-corrected chi connectivity index (χ0v) is 17.8. The summed E-state index contributed by atoms with van der Waals surface area (Å²) in [5.74, 6) is 1.14. The molecule has 0 heterocycles. The van der Waals surface area contributed by atoms with E-state index in [2.05, 4.69) is 13.0 Å². The second kappa shape index (κ2) is 10.8. The standard InChI is InChI=1S/C21H37NO3S/c1-5-6-15-25-19-14-13-18(20(22)17-19)12-10-8-7-9-11-16-26(23,24)21(2,3)4/h13-14,17H,5-12,15-16,22H2,1-4H3. The maximum atomic E-state index is 12.0. The fourth-order valence-corrected chi connectivity index (χ4v) is 3.87. The number of sulfone groups is 1. The predicted molar refractivity (Wildman–Crippen MR) is 112 cm³/mol. The Morgan fingerprint density at radius 3 is 2.27 bits per heavy atom. The largest absolute Gasteiger partial charge is 0.494 e. The topological polar surface area (TPSA) is 69.4 Å². The Morgan fingerprint density at radius 2 is 1.65 bits per heavy atom. The van der Waals surface area contributed by atoms with E-state index in [1.54, 1.807) is 20.8 Å². The van der Waals surface area contributed by atoms with E-state index in [-0.39, 0.29) is 0 Å². The Balaban J connectivity index is 2.24. The first-order valence-electron chi connectivity index (χ1n) is 9.91. The fourth-order valence-electron chi connectivity index (χ4n) is 2.67. The van der Waals surface area contributed by atoms with Crippen LogP contribution in [-0.4, -0.2) is 25.5 Å². The summed E-state index contributed by atoms with van der Waals surface area (Å²) in [5.41, 5.74) is 8.10. The number of nitrogen functional groups attached to an aromatic ring is 1. The van der Waals surface area contributed by atoms with Crippen LogP contribution in [0.2, 0.25) is 0 Å². The molecule has 0 aliphatic carbocycles. The molecule has 0 aliphatic heterocycles. The first-order valence-corrected chi connectivity index (χ1v) is 11.6. The van der Waals surface area contributed by atoms with Gasteiger partial charge in [-0.1, -0.05) is 38.7 Å². The Morgan fingerprint density at radius 1 is 1.00 bits per heavy atom. The van der Waals surface area contributed by atoms with Gasteiger partial charge >= 0.3 is 0 Å². The van der Waals surface area contributed by atoms with Crippen LogP contribution < -0.4 is 10.5 Å². The van der Waals surface area contributed by atoms with Gasteiger partial charge in [0.05, 0.1) is 17.1 Å². The van der Waals surface area contributed by atoms with E-state index < -0.39 is 14.6 Å². The number of nitrogens with two attached hydrogens (primary N) is 1. The van der Waals surface area contributed by atoms with E-state index in [1.807, 2.05) is 12.1 Å². The van der Waals surface area contributed by atoms with E-state index in [9.17, 15) is 8.42 Å². The molecule has 1 rings (SSSR count). The fraction of sp³-hybridized carbons (Fsp3) is 0.714. The van der Waals surface area contributed by atoms with E-state index >= 15 is 0 Å². The maximum Gasteiger partial charge on any atom is 0.155 e. The lowest BCUT2D eigenvalue weighted by Gasteiger charge is -2.18. The summed E-state index contributed by atoms with van der Waals surface area (Å²) in [5, 5.41) is 0. The highest BCUT2D eigenvalue weighted by Crippen LogP contribution is 2.22. The lowest BCUT2D eigenvalue weighted by Crippen LogP contribution is -2.30. The smallest absolute Gasteiger partial charge is 0.155 e. The molecule has 2 N–H and O–H groups in total. The van der Waals surface area contributed by atoms with Gasteiger partial charge in [-0.25, -0.2) is 8.42 Å². The number of rotatable bonds is 12. The minimum absolute atomic E-state index is 0.295. The van der Waals surface area contributed by atoms with Crippen molar-refractivity contribution in [2.75, 3.05) is 18.1 Å². The van der Waals surface area contributed by atoms with Gasteiger partial charge in [-0.2, -0.15) is 0 Å². The lowest BCUT2D eigenvalue weighted by atomic mass is 10.0. The third kappa shape index (κ3) is 7.98. The molecule has 150 valence electrons. The number of ether oxygens (including phenoxy) is 1. The summed E-state index contributed by atoms with van der Waals surface area (Å²) in [6.45, 7) is 8.19. The maximum absolute atomic E-state index is 12.0. The molecule has 1 aromatic carbocycles. The molecule has 26 heavy (non-hydrogen) atoms. The van der Waals surface area contributed by atoms with E-state index in [4.69, 9.17) is 10.5 Å². The van der Waals surface area contributed by atoms with Crippen molar-refractivity contribution in [1.29, 1.82) is 0 Å². The lowest BCUT2D eigenvalue weighted by molar-refractivity contribution is 0.309. The predicted octanol–water partition coefficient (Wildman–Crippen LogP) is 5.15. The second-order valence-corrected chi connectivity index (χ2v) is 10.9. The molecular weight excluding hydrogens is 346 g/mol. The third-order valence-corrected chi connectivity index (χ3v) is 7.37. The minimum atomic E-state index is -2.98. The van der Waals surface area contributed by atoms with Crippen molar-refractivity contribution in [3.63, 3.8) is 0 Å². The van der Waals surface area contributed by atoms with Gasteiger partial charge in [-0.3, -0.25) is 0 Å². The first kappa shape index (κ1) is 22.8. The van der Waals surface area contributed by atoms with Gasteiger partial charge in [0.15, 0.2) is 9.84 Å². The van der Waals surface area contributed by atoms with Crippen LogP contribution in [0.15, 0.2) is 18.2 Å². The highest BCUT2D eigenvalue weighted by Gasteiger charge is 2.27. The van der Waals surface area contributed by atoms with Crippen LogP contribution in [-0.2, 0) is 16.3 Å².